The normalized spacial score (nSPS) is 23.1. The fourth-order valence-corrected chi connectivity index (χ4v) is 6.26. The summed E-state index contributed by atoms with van der Waals surface area (Å²) in [5.74, 6) is -1.27. The van der Waals surface area contributed by atoms with Crippen LogP contribution >= 0.6 is 0 Å². The average Bonchev–Trinajstić information content (AvgIpc) is 3.50. The highest BCUT2D eigenvalue weighted by Crippen LogP contribution is 2.33. The van der Waals surface area contributed by atoms with Crippen LogP contribution in [0.4, 0.5) is 0 Å². The molecule has 0 radical (unpaired) electrons. The van der Waals surface area contributed by atoms with E-state index in [1.165, 1.54) is 12.1 Å². The molecular formula is C30H44N4O8S. The van der Waals surface area contributed by atoms with E-state index in [2.05, 4.69) is 16.0 Å². The average molecular weight is 621 g/mol. The second-order valence-electron chi connectivity index (χ2n) is 12.2. The van der Waals surface area contributed by atoms with E-state index < -0.39 is 45.4 Å². The molecule has 13 heteroatoms. The van der Waals surface area contributed by atoms with Crippen molar-refractivity contribution in [2.75, 3.05) is 45.7 Å². The molecule has 1 aromatic carbocycles. The number of hydrogen-bond acceptors (Lipinski definition) is 9. The number of ketones is 1. The second-order valence-corrected chi connectivity index (χ2v) is 14.2. The minimum Gasteiger partial charge on any atom is -0.379 e. The summed E-state index contributed by atoms with van der Waals surface area (Å²) in [6, 6.07) is 3.32. The number of amides is 3. The molecule has 0 spiro atoms. The Morgan fingerprint density at radius 3 is 2.16 bits per heavy atom. The van der Waals surface area contributed by atoms with Gasteiger partial charge >= 0.3 is 0 Å². The molecule has 2 heterocycles. The van der Waals surface area contributed by atoms with Gasteiger partial charge in [0.2, 0.25) is 17.7 Å². The lowest BCUT2D eigenvalue weighted by molar-refractivity contribution is -0.134. The first-order valence-corrected chi connectivity index (χ1v) is 16.9. The molecule has 12 nitrogen and oxygen atoms in total. The maximum atomic E-state index is 13.7. The van der Waals surface area contributed by atoms with E-state index in [0.717, 1.165) is 31.9 Å². The van der Waals surface area contributed by atoms with E-state index in [9.17, 15) is 27.6 Å². The Bertz CT molecular complexity index is 1270. The predicted octanol–water partition coefficient (Wildman–Crippen LogP) is 0.377. The van der Waals surface area contributed by atoms with Crippen LogP contribution in [-0.4, -0.2) is 106 Å². The molecule has 3 amide bonds. The maximum absolute atomic E-state index is 13.7. The van der Waals surface area contributed by atoms with Gasteiger partial charge in [0.05, 0.1) is 37.3 Å². The highest BCUT2D eigenvalue weighted by molar-refractivity contribution is 7.90. The number of epoxide rings is 1. The van der Waals surface area contributed by atoms with Crippen molar-refractivity contribution in [3.8, 4) is 0 Å². The molecule has 3 N–H and O–H groups in total. The molecule has 4 rings (SSSR count). The Morgan fingerprint density at radius 1 is 0.977 bits per heavy atom. The molecule has 3 fully saturated rings. The Kier molecular flexibility index (Phi) is 11.0. The van der Waals surface area contributed by atoms with Crippen LogP contribution < -0.4 is 16.0 Å². The van der Waals surface area contributed by atoms with Crippen molar-refractivity contribution in [1.29, 1.82) is 0 Å². The maximum Gasteiger partial charge on any atom is 0.243 e. The quantitative estimate of drug-likeness (QED) is 0.250. The zero-order valence-electron chi connectivity index (χ0n) is 25.2. The smallest absolute Gasteiger partial charge is 0.243 e. The minimum atomic E-state index is -3.41. The van der Waals surface area contributed by atoms with Crippen LogP contribution in [-0.2, 0) is 44.9 Å². The number of benzene rings is 1. The fraction of sp³-hybridized carbons (Fsp3) is 0.667. The number of nitrogens with zero attached hydrogens (tertiary/aromatic N) is 1. The monoisotopic (exact) mass is 620 g/mol. The van der Waals surface area contributed by atoms with Crippen molar-refractivity contribution in [2.24, 2.45) is 5.92 Å². The Balaban J connectivity index is 1.46. The number of rotatable bonds is 14. The first kappa shape index (κ1) is 33.0. The summed E-state index contributed by atoms with van der Waals surface area (Å²) < 4.78 is 34.5. The number of carbonyl (C=O) groups is 4. The Hall–Kier alpha value is -2.87. The van der Waals surface area contributed by atoms with E-state index in [1.54, 1.807) is 26.0 Å². The summed E-state index contributed by atoms with van der Waals surface area (Å²) in [7, 11) is -3.41. The molecule has 0 bridgehead atoms. The van der Waals surface area contributed by atoms with Gasteiger partial charge in [0, 0.05) is 25.8 Å². The van der Waals surface area contributed by atoms with E-state index in [1.807, 2.05) is 4.90 Å². The molecule has 1 aromatic rings. The lowest BCUT2D eigenvalue weighted by atomic mass is 9.90. The van der Waals surface area contributed by atoms with Crippen LogP contribution in [0.25, 0.3) is 0 Å². The van der Waals surface area contributed by atoms with Crippen LogP contribution in [0.1, 0.15) is 51.5 Å². The molecule has 1 saturated carbocycles. The SMILES string of the molecule is C[C@H](NC(=O)CN1CCOCC1)C(=O)N[C@@H](Cc1ccc(S(C)(=O)=O)cc1)C(=O)N[C@@H](CC1CCCC1)C(=O)[C@@]1(C)CO1. The van der Waals surface area contributed by atoms with E-state index in [0.29, 0.717) is 50.8 Å². The van der Waals surface area contributed by atoms with Crippen molar-refractivity contribution in [3.63, 3.8) is 0 Å². The third-order valence-corrected chi connectivity index (χ3v) is 9.57. The summed E-state index contributed by atoms with van der Waals surface area (Å²) in [5.41, 5.74) is -0.302. The van der Waals surface area contributed by atoms with Gasteiger partial charge in [-0.15, -0.1) is 0 Å². The molecule has 238 valence electrons. The van der Waals surface area contributed by atoms with E-state index in [-0.39, 0.29) is 29.6 Å². The number of sulfone groups is 1. The fourth-order valence-electron chi connectivity index (χ4n) is 5.63. The Morgan fingerprint density at radius 2 is 1.58 bits per heavy atom. The van der Waals surface area contributed by atoms with Gasteiger partial charge in [-0.2, -0.15) is 0 Å². The summed E-state index contributed by atoms with van der Waals surface area (Å²) >= 11 is 0. The Labute approximate surface area is 253 Å². The topological polar surface area (TPSA) is 164 Å². The predicted molar refractivity (Wildman–Crippen MR) is 158 cm³/mol. The van der Waals surface area contributed by atoms with Crippen LogP contribution in [0.3, 0.4) is 0 Å². The van der Waals surface area contributed by atoms with Gasteiger partial charge in [-0.25, -0.2) is 8.42 Å². The number of hydrogen-bond donors (Lipinski definition) is 3. The molecule has 2 aliphatic heterocycles. The molecule has 4 atom stereocenters. The minimum absolute atomic E-state index is 0.0498. The van der Waals surface area contributed by atoms with Gasteiger partial charge in [-0.05, 0) is 43.9 Å². The van der Waals surface area contributed by atoms with Gasteiger partial charge in [0.1, 0.15) is 17.7 Å². The van der Waals surface area contributed by atoms with Crippen molar-refractivity contribution in [2.45, 2.75) is 81.0 Å². The zero-order valence-corrected chi connectivity index (χ0v) is 26.0. The third kappa shape index (κ3) is 9.56. The summed E-state index contributed by atoms with van der Waals surface area (Å²) in [6.45, 7) is 6.02. The molecule has 1 aliphatic carbocycles. The van der Waals surface area contributed by atoms with Gasteiger partial charge in [-0.1, -0.05) is 37.8 Å². The molecule has 2 saturated heterocycles. The third-order valence-electron chi connectivity index (χ3n) is 8.44. The molecule has 0 unspecified atom stereocenters. The van der Waals surface area contributed by atoms with Crippen molar-refractivity contribution < 1.29 is 37.1 Å². The number of nitrogens with one attached hydrogen (secondary N) is 3. The van der Waals surface area contributed by atoms with E-state index in [4.69, 9.17) is 9.47 Å². The molecule has 43 heavy (non-hydrogen) atoms. The van der Waals surface area contributed by atoms with Crippen molar-refractivity contribution in [3.05, 3.63) is 29.8 Å². The molecule has 0 aromatic heterocycles. The van der Waals surface area contributed by atoms with E-state index >= 15 is 0 Å². The standard InChI is InChI=1S/C30H44N4O8S/c1-20(31-26(35)18-34-12-14-41-15-13-34)28(37)33-25(17-22-8-10-23(11-9-22)43(3,39)40)29(38)32-24(16-21-6-4-5-7-21)27(36)30(2)19-42-30/h8-11,20-21,24-25H,4-7,12-19H2,1-3H3,(H,31,35)(H,32,38)(H,33,37)/t20-,24-,25-,30+/m0/s1. The highest BCUT2D eigenvalue weighted by Gasteiger charge is 2.50. The van der Waals surface area contributed by atoms with Crippen LogP contribution in [0, 0.1) is 5.92 Å². The number of Topliss-reactive ketones (excluding diaryl/α,β-unsaturated/α-hetero) is 1. The van der Waals surface area contributed by atoms with Crippen molar-refractivity contribution >= 4 is 33.3 Å². The first-order chi connectivity index (χ1) is 20.3. The number of carbonyl (C=O) groups excluding carboxylic acids is 4. The van der Waals surface area contributed by atoms with Gasteiger partial charge in [0.25, 0.3) is 0 Å². The first-order valence-electron chi connectivity index (χ1n) is 15.0. The largest absolute Gasteiger partial charge is 0.379 e. The lowest BCUT2D eigenvalue weighted by Gasteiger charge is -2.27. The number of ether oxygens (including phenoxy) is 2. The van der Waals surface area contributed by atoms with Crippen LogP contribution in [0.5, 0.6) is 0 Å². The van der Waals surface area contributed by atoms with Crippen LogP contribution in [0.15, 0.2) is 29.2 Å². The van der Waals surface area contributed by atoms with Crippen LogP contribution in [0.2, 0.25) is 0 Å². The highest BCUT2D eigenvalue weighted by atomic mass is 32.2. The zero-order chi connectivity index (χ0) is 31.2. The lowest BCUT2D eigenvalue weighted by Crippen LogP contribution is -2.57. The second kappa shape index (κ2) is 14.3. The number of morpholine rings is 1. The summed E-state index contributed by atoms with van der Waals surface area (Å²) in [6.07, 6.45) is 5.82. The van der Waals surface area contributed by atoms with Gasteiger partial charge in [0.15, 0.2) is 15.6 Å². The molecular weight excluding hydrogens is 576 g/mol. The summed E-state index contributed by atoms with van der Waals surface area (Å²) in [5, 5.41) is 8.34. The van der Waals surface area contributed by atoms with Gasteiger partial charge in [-0.3, -0.25) is 24.1 Å². The summed E-state index contributed by atoms with van der Waals surface area (Å²) in [4.78, 5) is 54.9. The van der Waals surface area contributed by atoms with Gasteiger partial charge < -0.3 is 25.4 Å². The molecule has 3 aliphatic rings. The van der Waals surface area contributed by atoms with Crippen molar-refractivity contribution in [1.82, 2.24) is 20.9 Å².